The third-order valence-electron chi connectivity index (χ3n) is 4.17. The number of hydrogen-bond acceptors (Lipinski definition) is 4. The van der Waals surface area contributed by atoms with E-state index in [1.54, 1.807) is 0 Å². The summed E-state index contributed by atoms with van der Waals surface area (Å²) in [5.41, 5.74) is -2.10. The first kappa shape index (κ1) is 21.9. The molecule has 3 aromatic rings. The highest BCUT2D eigenvalue weighted by atomic mass is 35.5. The minimum atomic E-state index is -4.62. The lowest BCUT2D eigenvalue weighted by atomic mass is 10.1. The van der Waals surface area contributed by atoms with Crippen LogP contribution >= 0.6 is 11.6 Å². The molecule has 0 aliphatic rings. The summed E-state index contributed by atoms with van der Waals surface area (Å²) in [4.78, 5) is 3.57. The molecule has 12 heteroatoms. The lowest BCUT2D eigenvalue weighted by molar-refractivity contribution is -0.138. The fourth-order valence-corrected chi connectivity index (χ4v) is 2.95. The van der Waals surface area contributed by atoms with E-state index in [1.165, 1.54) is 36.7 Å². The lowest BCUT2D eigenvalue weighted by Gasteiger charge is -2.16. The van der Waals surface area contributed by atoms with Gasteiger partial charge in [-0.3, -0.25) is 0 Å². The van der Waals surface area contributed by atoms with Crippen molar-refractivity contribution in [3.05, 3.63) is 58.5 Å². The van der Waals surface area contributed by atoms with Crippen molar-refractivity contribution in [2.75, 3.05) is 0 Å². The predicted molar refractivity (Wildman–Crippen MR) is 94.7 cm³/mol. The zero-order chi connectivity index (χ0) is 22.3. The molecule has 5 nitrogen and oxygen atoms in total. The van der Waals surface area contributed by atoms with E-state index in [4.69, 9.17) is 16.3 Å². The molecule has 0 N–H and O–H groups in total. The molecule has 0 spiro atoms. The fraction of sp³-hybridized carbons (Fsp3) is 0.278. The third kappa shape index (κ3) is 4.35. The summed E-state index contributed by atoms with van der Waals surface area (Å²) in [6, 6.07) is 5.54. The number of rotatable bonds is 4. The van der Waals surface area contributed by atoms with Crippen LogP contribution in [0.2, 0.25) is 5.02 Å². The molecule has 160 valence electrons. The summed E-state index contributed by atoms with van der Waals surface area (Å²) in [7, 11) is 1.44. The second kappa shape index (κ2) is 7.78. The fourth-order valence-electron chi connectivity index (χ4n) is 2.74. The van der Waals surface area contributed by atoms with Crippen LogP contribution in [0.15, 0.2) is 36.5 Å². The molecule has 1 atom stereocenters. The molecule has 0 bridgehead atoms. The van der Waals surface area contributed by atoms with Gasteiger partial charge < -0.3 is 9.30 Å². The van der Waals surface area contributed by atoms with Gasteiger partial charge in [-0.2, -0.15) is 26.3 Å². The Morgan fingerprint density at radius 3 is 2.30 bits per heavy atom. The predicted octanol–water partition coefficient (Wildman–Crippen LogP) is 5.71. The summed E-state index contributed by atoms with van der Waals surface area (Å²) in [5, 5.41) is 7.32. The molecule has 3 rings (SSSR count). The Morgan fingerprint density at radius 1 is 1.03 bits per heavy atom. The molecule has 1 aromatic carbocycles. The van der Waals surface area contributed by atoms with Crippen molar-refractivity contribution < 1.29 is 31.1 Å². The van der Waals surface area contributed by atoms with Gasteiger partial charge in [0.25, 0.3) is 0 Å². The Balaban J connectivity index is 1.90. The van der Waals surface area contributed by atoms with Gasteiger partial charge in [0.15, 0.2) is 17.8 Å². The van der Waals surface area contributed by atoms with E-state index in [1.807, 2.05) is 0 Å². The topological polar surface area (TPSA) is 52.8 Å². The third-order valence-corrected chi connectivity index (χ3v) is 4.44. The molecule has 30 heavy (non-hydrogen) atoms. The summed E-state index contributed by atoms with van der Waals surface area (Å²) >= 11 is 5.82. The van der Waals surface area contributed by atoms with E-state index >= 15 is 0 Å². The average molecular weight is 451 g/mol. The number of hydrogen-bond donors (Lipinski definition) is 0. The van der Waals surface area contributed by atoms with Crippen LogP contribution in [0.25, 0.3) is 11.4 Å². The molecule has 0 fully saturated rings. The maximum absolute atomic E-state index is 13.3. The van der Waals surface area contributed by atoms with Crippen molar-refractivity contribution >= 4 is 11.6 Å². The summed E-state index contributed by atoms with van der Waals surface area (Å²) in [6.07, 6.45) is -9.57. The van der Waals surface area contributed by atoms with Crippen LogP contribution in [-0.4, -0.2) is 19.7 Å². The number of pyridine rings is 1. The van der Waals surface area contributed by atoms with Gasteiger partial charge in [-0.1, -0.05) is 29.8 Å². The Labute approximate surface area is 171 Å². The van der Waals surface area contributed by atoms with Crippen molar-refractivity contribution in [2.45, 2.75) is 25.4 Å². The van der Waals surface area contributed by atoms with Crippen LogP contribution in [-0.2, 0) is 19.4 Å². The molecule has 0 aliphatic heterocycles. The summed E-state index contributed by atoms with van der Waals surface area (Å²) < 4.78 is 84.8. The molecular formula is C18H13ClF6N4O. The Hall–Kier alpha value is -2.82. The van der Waals surface area contributed by atoms with Gasteiger partial charge in [0, 0.05) is 18.8 Å². The largest absolute Gasteiger partial charge is 0.465 e. The second-order valence-corrected chi connectivity index (χ2v) is 6.66. The number of alkyl halides is 6. The van der Waals surface area contributed by atoms with Gasteiger partial charge in [-0.15, -0.1) is 10.2 Å². The SMILES string of the molecule is C[C@H](Oc1ncc(C(F)(F)F)cc1Cl)c1nnc(-c2ccccc2C(F)(F)F)n1C. The molecule has 0 unspecified atom stereocenters. The van der Waals surface area contributed by atoms with Crippen molar-refractivity contribution in [3.63, 3.8) is 0 Å². The van der Waals surface area contributed by atoms with Crippen LogP contribution in [0.5, 0.6) is 5.88 Å². The Morgan fingerprint density at radius 2 is 1.70 bits per heavy atom. The monoisotopic (exact) mass is 450 g/mol. The van der Waals surface area contributed by atoms with Gasteiger partial charge in [-0.25, -0.2) is 4.98 Å². The quantitative estimate of drug-likeness (QED) is 0.478. The van der Waals surface area contributed by atoms with Gasteiger partial charge >= 0.3 is 12.4 Å². The highest BCUT2D eigenvalue weighted by Gasteiger charge is 2.35. The van der Waals surface area contributed by atoms with Crippen LogP contribution in [0, 0.1) is 0 Å². The van der Waals surface area contributed by atoms with E-state index in [9.17, 15) is 26.3 Å². The van der Waals surface area contributed by atoms with Crippen molar-refractivity contribution in [3.8, 4) is 17.3 Å². The van der Waals surface area contributed by atoms with Crippen LogP contribution < -0.4 is 4.74 Å². The van der Waals surface area contributed by atoms with E-state index in [0.717, 1.165) is 6.07 Å². The standard InChI is InChI=1S/C18H13ClF6N4O/c1-9(30-16-13(19)7-10(8-26-16)17(20,21)22)14-27-28-15(29(14)2)11-5-3-4-6-12(11)18(23,24)25/h3-9H,1-2H3/t9-/m0/s1. The molecule has 2 aromatic heterocycles. The molecular weight excluding hydrogens is 438 g/mol. The molecule has 0 saturated carbocycles. The van der Waals surface area contributed by atoms with Gasteiger partial charge in [0.2, 0.25) is 5.88 Å². The maximum Gasteiger partial charge on any atom is 0.417 e. The number of nitrogens with zero attached hydrogens (tertiary/aromatic N) is 4. The summed E-state index contributed by atoms with van der Waals surface area (Å²) in [6.45, 7) is 1.49. The minimum Gasteiger partial charge on any atom is -0.465 e. The van der Waals surface area contributed by atoms with Crippen LogP contribution in [0.3, 0.4) is 0 Å². The second-order valence-electron chi connectivity index (χ2n) is 6.25. The Kier molecular flexibility index (Phi) is 5.68. The average Bonchev–Trinajstić information content (AvgIpc) is 3.03. The molecule has 0 radical (unpaired) electrons. The van der Waals surface area contributed by atoms with Crippen LogP contribution in [0.4, 0.5) is 26.3 Å². The zero-order valence-corrected chi connectivity index (χ0v) is 16.1. The molecule has 0 aliphatic carbocycles. The van der Waals surface area contributed by atoms with Crippen molar-refractivity contribution in [2.24, 2.45) is 7.05 Å². The Bertz CT molecular complexity index is 1060. The maximum atomic E-state index is 13.3. The minimum absolute atomic E-state index is 0.0557. The van der Waals surface area contributed by atoms with Gasteiger partial charge in [-0.05, 0) is 19.1 Å². The van der Waals surface area contributed by atoms with Gasteiger partial charge in [0.1, 0.15) is 5.02 Å². The zero-order valence-electron chi connectivity index (χ0n) is 15.4. The van der Waals surface area contributed by atoms with E-state index in [2.05, 4.69) is 15.2 Å². The normalized spacial score (nSPS) is 13.4. The first-order chi connectivity index (χ1) is 13.9. The molecule has 0 saturated heterocycles. The van der Waals surface area contributed by atoms with E-state index < -0.39 is 29.6 Å². The van der Waals surface area contributed by atoms with Crippen LogP contribution in [0.1, 0.15) is 30.0 Å². The smallest absolute Gasteiger partial charge is 0.417 e. The van der Waals surface area contributed by atoms with Crippen molar-refractivity contribution in [1.29, 1.82) is 0 Å². The number of halogens is 7. The van der Waals surface area contributed by atoms with E-state index in [0.29, 0.717) is 12.3 Å². The van der Waals surface area contributed by atoms with E-state index in [-0.39, 0.29) is 28.1 Å². The lowest BCUT2D eigenvalue weighted by Crippen LogP contribution is -2.13. The summed E-state index contributed by atoms with van der Waals surface area (Å²) in [5.74, 6) is -0.211. The van der Waals surface area contributed by atoms with Gasteiger partial charge in [0.05, 0.1) is 11.1 Å². The number of aromatic nitrogens is 4. The molecule has 2 heterocycles. The molecule has 0 amide bonds. The highest BCUT2D eigenvalue weighted by Crippen LogP contribution is 2.37. The number of benzene rings is 1. The first-order valence-electron chi connectivity index (χ1n) is 8.35. The number of ether oxygens (including phenoxy) is 1. The first-order valence-corrected chi connectivity index (χ1v) is 8.72. The highest BCUT2D eigenvalue weighted by molar-refractivity contribution is 6.31. The van der Waals surface area contributed by atoms with Crippen molar-refractivity contribution in [1.82, 2.24) is 19.7 Å².